The molecule has 0 saturated carbocycles. The summed E-state index contributed by atoms with van der Waals surface area (Å²) in [5.41, 5.74) is 0.00332. The first-order chi connectivity index (χ1) is 13.6. The lowest BCUT2D eigenvalue weighted by molar-refractivity contribution is -0.144. The molecule has 0 aliphatic heterocycles. The molecule has 0 aliphatic rings. The maximum atomic E-state index is 12.4. The summed E-state index contributed by atoms with van der Waals surface area (Å²) in [5.74, 6) is -0.446. The monoisotopic (exact) mass is 407 g/mol. The van der Waals surface area contributed by atoms with Gasteiger partial charge in [-0.1, -0.05) is 13.8 Å². The van der Waals surface area contributed by atoms with Crippen LogP contribution in [0.4, 0.5) is 13.2 Å². The van der Waals surface area contributed by atoms with E-state index in [1.807, 2.05) is 11.4 Å². The van der Waals surface area contributed by atoms with Gasteiger partial charge in [0.25, 0.3) is 5.56 Å². The van der Waals surface area contributed by atoms with Crippen LogP contribution in [0.1, 0.15) is 26.0 Å². The van der Waals surface area contributed by atoms with Gasteiger partial charge in [-0.2, -0.15) is 13.2 Å². The zero-order chi connectivity index (χ0) is 21.2. The van der Waals surface area contributed by atoms with Crippen molar-refractivity contribution in [2.75, 3.05) is 6.54 Å². The Labute approximate surface area is 163 Å². The lowest BCUT2D eigenvalue weighted by Gasteiger charge is -2.27. The van der Waals surface area contributed by atoms with Crippen LogP contribution in [0.2, 0.25) is 0 Å². The molecule has 3 rings (SSSR count). The van der Waals surface area contributed by atoms with E-state index < -0.39 is 29.6 Å². The number of aromatic amines is 2. The van der Waals surface area contributed by atoms with Gasteiger partial charge in [0.15, 0.2) is 0 Å². The summed E-state index contributed by atoms with van der Waals surface area (Å²) < 4.78 is 37.3. The van der Waals surface area contributed by atoms with E-state index >= 15 is 0 Å². The Morgan fingerprint density at radius 3 is 2.76 bits per heavy atom. The van der Waals surface area contributed by atoms with Gasteiger partial charge in [-0.25, -0.2) is 9.97 Å². The van der Waals surface area contributed by atoms with Crippen molar-refractivity contribution >= 4 is 16.9 Å². The Balaban J connectivity index is 1.91. The van der Waals surface area contributed by atoms with Crippen molar-refractivity contribution in [3.63, 3.8) is 0 Å². The number of fused-ring (bicyclic) bond motifs is 1. The van der Waals surface area contributed by atoms with Crippen LogP contribution in [0.3, 0.4) is 0 Å². The number of alkyl halides is 3. The summed E-state index contributed by atoms with van der Waals surface area (Å²) in [6.07, 6.45) is -0.915. The third-order valence-electron chi connectivity index (χ3n) is 4.85. The molecule has 10 heteroatoms. The quantitative estimate of drug-likeness (QED) is 0.584. The highest BCUT2D eigenvalue weighted by Gasteiger charge is 2.35. The number of pyridine rings is 1. The molecule has 1 atom stereocenters. The maximum absolute atomic E-state index is 12.4. The normalized spacial score (nSPS) is 14.0. The molecule has 0 unspecified atom stereocenters. The van der Waals surface area contributed by atoms with Crippen molar-refractivity contribution in [3.8, 4) is 11.4 Å². The molecule has 3 N–H and O–H groups in total. The van der Waals surface area contributed by atoms with Crippen LogP contribution in [0, 0.1) is 5.41 Å². The number of rotatable bonds is 6. The van der Waals surface area contributed by atoms with E-state index in [-0.39, 0.29) is 12.8 Å². The van der Waals surface area contributed by atoms with Crippen molar-refractivity contribution < 1.29 is 18.0 Å². The Bertz CT molecular complexity index is 1090. The topological polar surface area (TPSA) is 104 Å². The van der Waals surface area contributed by atoms with Crippen LogP contribution in [-0.2, 0) is 11.2 Å². The van der Waals surface area contributed by atoms with Crippen LogP contribution in [0.25, 0.3) is 22.4 Å². The number of hydrogen-bond acceptors (Lipinski definition) is 4. The Morgan fingerprint density at radius 2 is 2.07 bits per heavy atom. The summed E-state index contributed by atoms with van der Waals surface area (Å²) >= 11 is 0. The fraction of sp³-hybridized carbons (Fsp3) is 0.368. The van der Waals surface area contributed by atoms with Gasteiger partial charge >= 0.3 is 6.18 Å². The van der Waals surface area contributed by atoms with Gasteiger partial charge in [0.1, 0.15) is 18.0 Å². The number of nitrogens with one attached hydrogen (secondary N) is 3. The fourth-order valence-corrected chi connectivity index (χ4v) is 3.04. The molecule has 0 aliphatic carbocycles. The van der Waals surface area contributed by atoms with Crippen molar-refractivity contribution in [3.05, 3.63) is 46.6 Å². The summed E-state index contributed by atoms with van der Waals surface area (Å²) in [4.78, 5) is 38.8. The van der Waals surface area contributed by atoms with Crippen LogP contribution in [0.15, 0.2) is 35.4 Å². The van der Waals surface area contributed by atoms with Crippen molar-refractivity contribution in [2.45, 2.75) is 32.9 Å². The molecule has 0 saturated heterocycles. The van der Waals surface area contributed by atoms with E-state index in [9.17, 15) is 22.8 Å². The molecule has 3 aromatic rings. The van der Waals surface area contributed by atoms with Crippen LogP contribution < -0.4 is 10.9 Å². The minimum atomic E-state index is -4.50. The number of carbonyl (C=O) groups excluding carboxylic acids is 1. The number of nitrogens with zero attached hydrogens (tertiary/aromatic N) is 2. The third-order valence-corrected chi connectivity index (χ3v) is 4.85. The summed E-state index contributed by atoms with van der Waals surface area (Å²) in [6, 6.07) is 4.82. The molecular weight excluding hydrogens is 387 g/mol. The first-order valence-electron chi connectivity index (χ1n) is 8.99. The molecule has 1 amide bonds. The molecule has 3 heterocycles. The van der Waals surface area contributed by atoms with E-state index in [1.165, 1.54) is 6.07 Å². The highest BCUT2D eigenvalue weighted by Crippen LogP contribution is 2.28. The van der Waals surface area contributed by atoms with Gasteiger partial charge in [-0.3, -0.25) is 9.59 Å². The number of aromatic nitrogens is 4. The smallest absolute Gasteiger partial charge is 0.347 e. The van der Waals surface area contributed by atoms with E-state index in [0.717, 1.165) is 5.39 Å². The molecule has 0 bridgehead atoms. The highest BCUT2D eigenvalue weighted by molar-refractivity contribution is 5.91. The minimum absolute atomic E-state index is 0.0186. The number of halogens is 3. The molecular formula is C19H20F3N5O2. The zero-order valence-electron chi connectivity index (χ0n) is 15.9. The van der Waals surface area contributed by atoms with Crippen molar-refractivity contribution in [1.82, 2.24) is 25.3 Å². The largest absolute Gasteiger partial charge is 0.405 e. The van der Waals surface area contributed by atoms with E-state index in [4.69, 9.17) is 0 Å². The van der Waals surface area contributed by atoms with E-state index in [0.29, 0.717) is 22.7 Å². The van der Waals surface area contributed by atoms with Gasteiger partial charge < -0.3 is 15.3 Å². The Kier molecular flexibility index (Phi) is 5.45. The minimum Gasteiger partial charge on any atom is -0.347 e. The van der Waals surface area contributed by atoms with Crippen LogP contribution in [0.5, 0.6) is 0 Å². The average molecular weight is 407 g/mol. The lowest BCUT2D eigenvalue weighted by Crippen LogP contribution is -2.44. The van der Waals surface area contributed by atoms with E-state index in [1.54, 1.807) is 32.3 Å². The Morgan fingerprint density at radius 1 is 1.31 bits per heavy atom. The second-order valence-corrected chi connectivity index (χ2v) is 7.08. The van der Waals surface area contributed by atoms with Crippen molar-refractivity contribution in [2.24, 2.45) is 5.41 Å². The van der Waals surface area contributed by atoms with Gasteiger partial charge in [0, 0.05) is 41.5 Å². The number of hydrogen-bond donors (Lipinski definition) is 3. The standard InChI is InChI=1S/C19H20F3N5O2/c1-3-18(2,17(29)25-10-19(20,21)22)8-11-7-14(28)27-16(26-11)13-9-24-15-12(13)5-4-6-23-15/h4-7,9H,3,8,10H2,1-2H3,(H,23,24)(H,25,29)(H,26,27,28)/t18-/m0/s1. The van der Waals surface area contributed by atoms with Crippen LogP contribution >= 0.6 is 0 Å². The summed E-state index contributed by atoms with van der Waals surface area (Å²) in [5, 5.41) is 2.68. The molecule has 7 nitrogen and oxygen atoms in total. The predicted molar refractivity (Wildman–Crippen MR) is 101 cm³/mol. The molecule has 0 radical (unpaired) electrons. The second kappa shape index (κ2) is 7.69. The zero-order valence-corrected chi connectivity index (χ0v) is 15.9. The second-order valence-electron chi connectivity index (χ2n) is 7.08. The first-order valence-corrected chi connectivity index (χ1v) is 8.99. The predicted octanol–water partition coefficient (Wildman–Crippen LogP) is 2.95. The van der Waals surface area contributed by atoms with Gasteiger partial charge in [-0.15, -0.1) is 0 Å². The number of amides is 1. The highest BCUT2D eigenvalue weighted by atomic mass is 19.4. The SMILES string of the molecule is CC[C@@](C)(Cc1cc(=O)[nH]c(-c2c[nH]c3ncccc23)n1)C(=O)NCC(F)(F)F. The molecule has 0 spiro atoms. The fourth-order valence-electron chi connectivity index (χ4n) is 3.04. The van der Waals surface area contributed by atoms with Crippen molar-refractivity contribution in [1.29, 1.82) is 0 Å². The van der Waals surface area contributed by atoms with Gasteiger partial charge in [0.05, 0.1) is 5.41 Å². The molecule has 154 valence electrons. The van der Waals surface area contributed by atoms with Gasteiger partial charge in [0.2, 0.25) is 5.91 Å². The molecule has 0 fully saturated rings. The molecule has 0 aromatic carbocycles. The summed E-state index contributed by atoms with van der Waals surface area (Å²) in [7, 11) is 0. The van der Waals surface area contributed by atoms with Crippen LogP contribution in [-0.4, -0.2) is 38.6 Å². The van der Waals surface area contributed by atoms with Gasteiger partial charge in [-0.05, 0) is 18.6 Å². The summed E-state index contributed by atoms with van der Waals surface area (Å²) in [6.45, 7) is 1.85. The molecule has 3 aromatic heterocycles. The number of carbonyl (C=O) groups is 1. The maximum Gasteiger partial charge on any atom is 0.405 e. The average Bonchev–Trinajstić information content (AvgIpc) is 3.09. The first kappa shape index (κ1) is 20.6. The molecule has 29 heavy (non-hydrogen) atoms. The number of H-pyrrole nitrogens is 2. The third kappa shape index (κ3) is 4.64. The lowest BCUT2D eigenvalue weighted by atomic mass is 9.81. The Hall–Kier alpha value is -3.17. The van der Waals surface area contributed by atoms with E-state index in [2.05, 4.69) is 19.9 Å².